The van der Waals surface area contributed by atoms with Crippen LogP contribution in [0.15, 0.2) is 51.6 Å². The summed E-state index contributed by atoms with van der Waals surface area (Å²) >= 11 is 7.75. The summed E-state index contributed by atoms with van der Waals surface area (Å²) in [6.07, 6.45) is 3.37. The smallest absolute Gasteiger partial charge is 0.249 e. The first kappa shape index (κ1) is 18.4. The van der Waals surface area contributed by atoms with Gasteiger partial charge < -0.3 is 9.32 Å². The third kappa shape index (κ3) is 4.39. The maximum atomic E-state index is 12.5. The summed E-state index contributed by atoms with van der Waals surface area (Å²) in [6.45, 7) is 4.13. The molecule has 0 fully saturated rings. The molecule has 134 valence electrons. The standard InChI is InChI=1S/C19H18ClN3O2S/c1-13(2)23(18(24)8-7-14-9-10-26-12-14)11-17-21-22-19(25-17)15-5-3-4-6-16(15)20/h3-10,12-13H,11H2,1-2H3/b8-7+. The number of carbonyl (C=O) groups is 1. The first-order chi connectivity index (χ1) is 12.5. The number of carbonyl (C=O) groups excluding carboxylic acids is 1. The molecule has 0 atom stereocenters. The molecule has 1 aromatic carbocycles. The predicted octanol–water partition coefficient (Wildman–Crippen LogP) is 4.90. The number of amides is 1. The van der Waals surface area contributed by atoms with Crippen LogP contribution in [0, 0.1) is 0 Å². The molecule has 3 rings (SSSR count). The van der Waals surface area contributed by atoms with Crippen LogP contribution < -0.4 is 0 Å². The third-order valence-corrected chi connectivity index (χ3v) is 4.78. The van der Waals surface area contributed by atoms with Gasteiger partial charge in [-0.3, -0.25) is 4.79 Å². The van der Waals surface area contributed by atoms with Crippen molar-refractivity contribution >= 4 is 34.9 Å². The summed E-state index contributed by atoms with van der Waals surface area (Å²) in [7, 11) is 0. The van der Waals surface area contributed by atoms with Crippen molar-refractivity contribution in [3.8, 4) is 11.5 Å². The van der Waals surface area contributed by atoms with E-state index in [0.29, 0.717) is 22.4 Å². The Hall–Kier alpha value is -2.44. The number of aromatic nitrogens is 2. The highest BCUT2D eigenvalue weighted by atomic mass is 35.5. The second kappa shape index (κ2) is 8.29. The molecule has 0 aliphatic rings. The Bertz CT molecular complexity index is 903. The molecule has 0 bridgehead atoms. The maximum Gasteiger partial charge on any atom is 0.249 e. The normalized spacial score (nSPS) is 11.4. The van der Waals surface area contributed by atoms with Gasteiger partial charge in [-0.25, -0.2) is 0 Å². The van der Waals surface area contributed by atoms with E-state index < -0.39 is 0 Å². The fraction of sp³-hybridized carbons (Fsp3) is 0.211. The van der Waals surface area contributed by atoms with E-state index in [1.54, 1.807) is 34.5 Å². The zero-order valence-corrected chi connectivity index (χ0v) is 16.0. The van der Waals surface area contributed by atoms with Gasteiger partial charge in [0.1, 0.15) is 0 Å². The lowest BCUT2D eigenvalue weighted by Gasteiger charge is -2.23. The highest BCUT2D eigenvalue weighted by Crippen LogP contribution is 2.26. The Labute approximate surface area is 160 Å². The number of halogens is 1. The Kier molecular flexibility index (Phi) is 5.85. The minimum Gasteiger partial charge on any atom is -0.419 e. The Morgan fingerprint density at radius 3 is 2.81 bits per heavy atom. The molecule has 26 heavy (non-hydrogen) atoms. The Morgan fingerprint density at radius 1 is 1.31 bits per heavy atom. The van der Waals surface area contributed by atoms with E-state index in [1.807, 2.05) is 48.9 Å². The summed E-state index contributed by atoms with van der Waals surface area (Å²) in [5.41, 5.74) is 1.68. The highest BCUT2D eigenvalue weighted by molar-refractivity contribution is 7.08. The van der Waals surface area contributed by atoms with Crippen LogP contribution in [0.4, 0.5) is 0 Å². The van der Waals surface area contributed by atoms with Crippen molar-refractivity contribution in [3.63, 3.8) is 0 Å². The van der Waals surface area contributed by atoms with Crippen molar-refractivity contribution in [2.45, 2.75) is 26.4 Å². The average molecular weight is 388 g/mol. The molecule has 0 aliphatic carbocycles. The van der Waals surface area contributed by atoms with Crippen LogP contribution in [0.5, 0.6) is 0 Å². The molecule has 0 saturated carbocycles. The van der Waals surface area contributed by atoms with Gasteiger partial charge in [-0.1, -0.05) is 23.7 Å². The molecule has 0 spiro atoms. The van der Waals surface area contributed by atoms with E-state index in [9.17, 15) is 4.79 Å². The Balaban J connectivity index is 1.74. The number of rotatable bonds is 6. The molecule has 0 aliphatic heterocycles. The second-order valence-corrected chi connectivity index (χ2v) is 7.12. The first-order valence-corrected chi connectivity index (χ1v) is 9.45. The van der Waals surface area contributed by atoms with Crippen LogP contribution in [0.2, 0.25) is 5.02 Å². The van der Waals surface area contributed by atoms with Gasteiger partial charge in [0.25, 0.3) is 0 Å². The van der Waals surface area contributed by atoms with Crippen LogP contribution in [0.1, 0.15) is 25.3 Å². The number of hydrogen-bond acceptors (Lipinski definition) is 5. The van der Waals surface area contributed by atoms with Crippen molar-refractivity contribution < 1.29 is 9.21 Å². The number of benzene rings is 1. The van der Waals surface area contributed by atoms with Crippen molar-refractivity contribution in [2.24, 2.45) is 0 Å². The summed E-state index contributed by atoms with van der Waals surface area (Å²) in [6, 6.07) is 9.22. The van der Waals surface area contributed by atoms with E-state index in [4.69, 9.17) is 16.0 Å². The lowest BCUT2D eigenvalue weighted by Crippen LogP contribution is -2.35. The fourth-order valence-corrected chi connectivity index (χ4v) is 3.20. The molecule has 5 nitrogen and oxygen atoms in total. The maximum absolute atomic E-state index is 12.5. The zero-order chi connectivity index (χ0) is 18.5. The van der Waals surface area contributed by atoms with Gasteiger partial charge in [0.2, 0.25) is 17.7 Å². The second-order valence-electron chi connectivity index (χ2n) is 5.93. The average Bonchev–Trinajstić information content (AvgIpc) is 3.29. The molecule has 7 heteroatoms. The molecule has 1 amide bonds. The van der Waals surface area contributed by atoms with Gasteiger partial charge in [-0.05, 0) is 54.4 Å². The minimum atomic E-state index is -0.108. The quantitative estimate of drug-likeness (QED) is 0.564. The van der Waals surface area contributed by atoms with Gasteiger partial charge in [0.05, 0.1) is 17.1 Å². The fourth-order valence-electron chi connectivity index (χ4n) is 2.35. The van der Waals surface area contributed by atoms with Gasteiger partial charge in [-0.15, -0.1) is 10.2 Å². The predicted molar refractivity (Wildman–Crippen MR) is 104 cm³/mol. The van der Waals surface area contributed by atoms with E-state index in [0.717, 1.165) is 5.56 Å². The molecule has 0 saturated heterocycles. The third-order valence-electron chi connectivity index (χ3n) is 3.74. The summed E-state index contributed by atoms with van der Waals surface area (Å²) in [5.74, 6) is 0.602. The van der Waals surface area contributed by atoms with E-state index >= 15 is 0 Å². The van der Waals surface area contributed by atoms with Gasteiger partial charge in [0.15, 0.2) is 0 Å². The van der Waals surface area contributed by atoms with Crippen molar-refractivity contribution in [2.75, 3.05) is 0 Å². The van der Waals surface area contributed by atoms with Crippen LogP contribution >= 0.6 is 22.9 Å². The van der Waals surface area contributed by atoms with Gasteiger partial charge >= 0.3 is 0 Å². The van der Waals surface area contributed by atoms with Gasteiger partial charge in [-0.2, -0.15) is 11.3 Å². The molecule has 0 radical (unpaired) electrons. The van der Waals surface area contributed by atoms with E-state index in [2.05, 4.69) is 10.2 Å². The summed E-state index contributed by atoms with van der Waals surface area (Å²) in [4.78, 5) is 14.2. The van der Waals surface area contributed by atoms with Crippen LogP contribution in [-0.4, -0.2) is 27.0 Å². The molecule has 0 N–H and O–H groups in total. The number of thiophene rings is 1. The largest absolute Gasteiger partial charge is 0.419 e. The van der Waals surface area contributed by atoms with E-state index in [1.165, 1.54) is 0 Å². The highest BCUT2D eigenvalue weighted by Gasteiger charge is 2.19. The Morgan fingerprint density at radius 2 is 2.12 bits per heavy atom. The van der Waals surface area contributed by atoms with Crippen molar-refractivity contribution in [3.05, 3.63) is 63.6 Å². The summed E-state index contributed by atoms with van der Waals surface area (Å²) < 4.78 is 5.71. The molecular formula is C19H18ClN3O2S. The topological polar surface area (TPSA) is 59.2 Å². The monoisotopic (exact) mass is 387 g/mol. The van der Waals surface area contributed by atoms with Crippen molar-refractivity contribution in [1.29, 1.82) is 0 Å². The number of nitrogens with zero attached hydrogens (tertiary/aromatic N) is 3. The van der Waals surface area contributed by atoms with Gasteiger partial charge in [0, 0.05) is 12.1 Å². The van der Waals surface area contributed by atoms with E-state index in [-0.39, 0.29) is 18.5 Å². The minimum absolute atomic E-state index is 0.00899. The lowest BCUT2D eigenvalue weighted by atomic mass is 10.2. The van der Waals surface area contributed by atoms with Crippen molar-refractivity contribution in [1.82, 2.24) is 15.1 Å². The lowest BCUT2D eigenvalue weighted by molar-refractivity contribution is -0.128. The van der Waals surface area contributed by atoms with Crippen LogP contribution in [0.3, 0.4) is 0 Å². The molecule has 0 unspecified atom stereocenters. The molecule has 2 aromatic heterocycles. The molecule has 3 aromatic rings. The first-order valence-electron chi connectivity index (χ1n) is 8.12. The summed E-state index contributed by atoms with van der Waals surface area (Å²) in [5, 5.41) is 12.6. The SMILES string of the molecule is CC(C)N(Cc1nnc(-c2ccccc2Cl)o1)C(=O)/C=C/c1ccsc1. The van der Waals surface area contributed by atoms with Crippen LogP contribution in [-0.2, 0) is 11.3 Å². The molecule has 2 heterocycles. The van der Waals surface area contributed by atoms with Crippen LogP contribution in [0.25, 0.3) is 17.5 Å². The number of hydrogen-bond donors (Lipinski definition) is 0. The zero-order valence-electron chi connectivity index (χ0n) is 14.4. The molecular weight excluding hydrogens is 370 g/mol.